The number of carboxylic acids is 2. The number of nitrogens with zero attached hydrogens (tertiary/aromatic N) is 3. The third-order valence-electron chi connectivity index (χ3n) is 3.29. The van der Waals surface area contributed by atoms with Crippen molar-refractivity contribution in [1.82, 2.24) is 19.9 Å². The monoisotopic (exact) mass is 379 g/mol. The van der Waals surface area contributed by atoms with Crippen LogP contribution in [0.4, 0.5) is 5.82 Å². The molecule has 0 radical (unpaired) electrons. The summed E-state index contributed by atoms with van der Waals surface area (Å²) in [7, 11) is 0. The molecule has 0 fully saturated rings. The number of nitrogens with one attached hydrogen (secondary N) is 1. The normalized spacial score (nSPS) is 9.43. The van der Waals surface area contributed by atoms with Crippen molar-refractivity contribution < 1.29 is 19.8 Å². The van der Waals surface area contributed by atoms with Crippen LogP contribution in [0.1, 0.15) is 20.7 Å². The summed E-state index contributed by atoms with van der Waals surface area (Å²) in [6.07, 6.45) is 2.92. The molecule has 2 aromatic carbocycles. The van der Waals surface area contributed by atoms with Crippen molar-refractivity contribution in [3.63, 3.8) is 0 Å². The second-order valence-corrected chi connectivity index (χ2v) is 5.20. The average Bonchev–Trinajstić information content (AvgIpc) is 3.21. The number of carbonyl (C=O) groups is 2. The maximum absolute atomic E-state index is 10.2. The molecule has 4 aromatic rings. The lowest BCUT2D eigenvalue weighted by atomic mass is 10.2. The first-order chi connectivity index (χ1) is 13.5. The van der Waals surface area contributed by atoms with E-state index in [2.05, 4.69) is 19.9 Å². The Labute approximate surface area is 159 Å². The summed E-state index contributed by atoms with van der Waals surface area (Å²) in [5.74, 6) is -1.33. The summed E-state index contributed by atoms with van der Waals surface area (Å²) in [4.78, 5) is 34.8. The largest absolute Gasteiger partial charge is 0.478 e. The molecule has 0 bridgehead atoms. The zero-order valence-corrected chi connectivity index (χ0v) is 14.6. The quantitative estimate of drug-likeness (QED) is 0.414. The van der Waals surface area contributed by atoms with Gasteiger partial charge >= 0.3 is 11.9 Å². The highest BCUT2D eigenvalue weighted by Gasteiger charge is 1.99. The molecule has 0 aliphatic rings. The van der Waals surface area contributed by atoms with Crippen LogP contribution in [-0.4, -0.2) is 42.1 Å². The number of imidazole rings is 1. The Morgan fingerprint density at radius 2 is 1.29 bits per heavy atom. The first-order valence-electron chi connectivity index (χ1n) is 7.95. The summed E-state index contributed by atoms with van der Waals surface area (Å²) in [6, 6.07) is 16.6. The minimum Gasteiger partial charge on any atom is -0.478 e. The number of aromatic nitrogens is 4. The van der Waals surface area contributed by atoms with Crippen molar-refractivity contribution in [1.29, 1.82) is 0 Å². The smallest absolute Gasteiger partial charge is 0.335 e. The molecule has 5 N–H and O–H groups in total. The van der Waals surface area contributed by atoms with Crippen LogP contribution in [0, 0.1) is 0 Å². The summed E-state index contributed by atoms with van der Waals surface area (Å²) in [5, 5.41) is 16.8. The highest BCUT2D eigenvalue weighted by Crippen LogP contribution is 2.09. The van der Waals surface area contributed by atoms with Crippen molar-refractivity contribution in [3.05, 3.63) is 84.4 Å². The Morgan fingerprint density at radius 1 is 0.786 bits per heavy atom. The number of H-pyrrole nitrogens is 1. The molecule has 0 aliphatic carbocycles. The predicted octanol–water partition coefficient (Wildman–Crippen LogP) is 2.70. The molecule has 0 aliphatic heterocycles. The Hall–Kier alpha value is -4.27. The van der Waals surface area contributed by atoms with Crippen LogP contribution in [-0.2, 0) is 0 Å². The predicted molar refractivity (Wildman–Crippen MR) is 103 cm³/mol. The zero-order valence-electron chi connectivity index (χ0n) is 14.6. The molecule has 2 aromatic heterocycles. The fraction of sp³-hybridized carbons (Fsp3) is 0. The van der Waals surface area contributed by atoms with E-state index >= 15 is 0 Å². The standard InChI is InChI=1S/2C7H6O2.C5H5N5/c2*8-7(9)6-4-2-1-3-5-6;6-4-3-5(9-1-7-3)10-2-8-4/h2*1-5H,(H,8,9);1-2H,(H3,6,7,8,9,10). The second kappa shape index (κ2) is 10.0. The van der Waals surface area contributed by atoms with Gasteiger partial charge in [0.1, 0.15) is 11.8 Å². The number of benzene rings is 2. The van der Waals surface area contributed by atoms with E-state index in [1.165, 1.54) is 12.7 Å². The van der Waals surface area contributed by atoms with Gasteiger partial charge in [-0.15, -0.1) is 0 Å². The number of anilines is 1. The van der Waals surface area contributed by atoms with Gasteiger partial charge in [0.2, 0.25) is 0 Å². The molecule has 0 saturated heterocycles. The third kappa shape index (κ3) is 5.92. The number of rotatable bonds is 2. The van der Waals surface area contributed by atoms with E-state index < -0.39 is 11.9 Å². The molecule has 0 unspecified atom stereocenters. The number of hydrogen-bond donors (Lipinski definition) is 4. The molecule has 0 atom stereocenters. The van der Waals surface area contributed by atoms with E-state index in [9.17, 15) is 9.59 Å². The summed E-state index contributed by atoms with van der Waals surface area (Å²) in [6.45, 7) is 0. The van der Waals surface area contributed by atoms with Gasteiger partial charge in [0.05, 0.1) is 17.5 Å². The molecule has 0 spiro atoms. The van der Waals surface area contributed by atoms with Crippen LogP contribution < -0.4 is 5.73 Å². The van der Waals surface area contributed by atoms with Gasteiger partial charge < -0.3 is 20.9 Å². The zero-order chi connectivity index (χ0) is 20.4. The second-order valence-electron chi connectivity index (χ2n) is 5.20. The maximum atomic E-state index is 10.2. The van der Waals surface area contributed by atoms with E-state index in [4.69, 9.17) is 15.9 Å². The third-order valence-corrected chi connectivity index (χ3v) is 3.29. The molecule has 4 rings (SSSR count). The van der Waals surface area contributed by atoms with Crippen molar-refractivity contribution in [2.75, 3.05) is 5.73 Å². The van der Waals surface area contributed by atoms with E-state index in [-0.39, 0.29) is 0 Å². The maximum Gasteiger partial charge on any atom is 0.335 e. The summed E-state index contributed by atoms with van der Waals surface area (Å²) in [5.41, 5.74) is 7.44. The fourth-order valence-corrected chi connectivity index (χ4v) is 1.95. The first kappa shape index (κ1) is 20.0. The van der Waals surface area contributed by atoms with Gasteiger partial charge in [-0.3, -0.25) is 0 Å². The number of fused-ring (bicyclic) bond motifs is 1. The van der Waals surface area contributed by atoms with E-state index in [1.54, 1.807) is 60.7 Å². The minimum absolute atomic E-state index is 0.331. The molecular formula is C19H17N5O4. The number of hydrogen-bond acceptors (Lipinski definition) is 6. The van der Waals surface area contributed by atoms with Crippen LogP contribution in [0.5, 0.6) is 0 Å². The molecule has 0 amide bonds. The number of aromatic carboxylic acids is 2. The van der Waals surface area contributed by atoms with Gasteiger partial charge in [-0.1, -0.05) is 36.4 Å². The van der Waals surface area contributed by atoms with Crippen molar-refractivity contribution in [2.24, 2.45) is 0 Å². The topological polar surface area (TPSA) is 155 Å². The Morgan fingerprint density at radius 3 is 1.68 bits per heavy atom. The van der Waals surface area contributed by atoms with Gasteiger partial charge in [-0.25, -0.2) is 24.5 Å². The molecule has 9 nitrogen and oxygen atoms in total. The molecule has 28 heavy (non-hydrogen) atoms. The van der Waals surface area contributed by atoms with Crippen LogP contribution in [0.15, 0.2) is 73.3 Å². The number of nitrogen functional groups attached to an aromatic ring is 1. The van der Waals surface area contributed by atoms with Gasteiger partial charge in [-0.2, -0.15) is 0 Å². The van der Waals surface area contributed by atoms with E-state index in [1.807, 2.05) is 0 Å². The first-order valence-corrected chi connectivity index (χ1v) is 7.95. The Kier molecular flexibility index (Phi) is 7.17. The van der Waals surface area contributed by atoms with Crippen molar-refractivity contribution >= 4 is 28.9 Å². The van der Waals surface area contributed by atoms with Crippen LogP contribution in [0.2, 0.25) is 0 Å². The molecule has 142 valence electrons. The highest BCUT2D eigenvalue weighted by molar-refractivity contribution is 5.87. The van der Waals surface area contributed by atoms with E-state index in [0.717, 1.165) is 0 Å². The molecular weight excluding hydrogens is 362 g/mol. The van der Waals surface area contributed by atoms with Crippen LogP contribution in [0.3, 0.4) is 0 Å². The highest BCUT2D eigenvalue weighted by atomic mass is 16.4. The summed E-state index contributed by atoms with van der Waals surface area (Å²) < 4.78 is 0. The van der Waals surface area contributed by atoms with Gasteiger partial charge in [0.25, 0.3) is 0 Å². The Balaban J connectivity index is 0.000000151. The van der Waals surface area contributed by atoms with Crippen LogP contribution >= 0.6 is 0 Å². The minimum atomic E-state index is -0.879. The fourth-order valence-electron chi connectivity index (χ4n) is 1.95. The molecule has 9 heteroatoms. The average molecular weight is 379 g/mol. The number of aromatic amines is 1. The molecule has 0 saturated carbocycles. The van der Waals surface area contributed by atoms with Gasteiger partial charge in [-0.05, 0) is 24.3 Å². The lowest BCUT2D eigenvalue weighted by Gasteiger charge is -1.89. The SMILES string of the molecule is Nc1ncnc2nc[nH]c12.O=C(O)c1ccccc1.O=C(O)c1ccccc1. The lowest BCUT2D eigenvalue weighted by molar-refractivity contribution is 0.0686. The van der Waals surface area contributed by atoms with Gasteiger partial charge in [0.15, 0.2) is 11.5 Å². The Bertz CT molecular complexity index is 986. The molecule has 2 heterocycles. The summed E-state index contributed by atoms with van der Waals surface area (Å²) >= 11 is 0. The van der Waals surface area contributed by atoms with Crippen LogP contribution in [0.25, 0.3) is 11.2 Å². The number of nitrogens with two attached hydrogens (primary N) is 1. The van der Waals surface area contributed by atoms with Crippen molar-refractivity contribution in [2.45, 2.75) is 0 Å². The lowest BCUT2D eigenvalue weighted by Crippen LogP contribution is -1.93. The van der Waals surface area contributed by atoms with Crippen molar-refractivity contribution in [3.8, 4) is 0 Å². The number of carboxylic acid groups (broad SMARTS) is 2. The van der Waals surface area contributed by atoms with E-state index in [0.29, 0.717) is 28.1 Å². The van der Waals surface area contributed by atoms with Gasteiger partial charge in [0, 0.05) is 0 Å².